The van der Waals surface area contributed by atoms with Gasteiger partial charge >= 0.3 is 5.97 Å². The number of aromatic carboxylic acids is 1. The fraction of sp³-hybridized carbons (Fsp3) is 0. The number of hydrogen-bond acceptors (Lipinski definition) is 2. The Bertz CT molecular complexity index is 240. The lowest BCUT2D eigenvalue weighted by Gasteiger charge is -1.93. The minimum Gasteiger partial charge on any atom is -0.478 e. The van der Waals surface area contributed by atoms with Crippen molar-refractivity contribution in [2.75, 3.05) is 5.73 Å². The summed E-state index contributed by atoms with van der Waals surface area (Å²) in [6.45, 7) is 0. The van der Waals surface area contributed by atoms with Gasteiger partial charge in [-0.2, -0.15) is 0 Å². The van der Waals surface area contributed by atoms with Gasteiger partial charge in [0.05, 0.1) is 5.56 Å². The molecule has 1 rings (SSSR count). The van der Waals surface area contributed by atoms with Crippen LogP contribution >= 0.6 is 0 Å². The highest BCUT2D eigenvalue weighted by molar-refractivity contribution is 5.87. The molecule has 0 fully saturated rings. The Hall–Kier alpha value is -1.51. The van der Waals surface area contributed by atoms with Crippen LogP contribution in [0.2, 0.25) is 0 Å². The van der Waals surface area contributed by atoms with Crippen molar-refractivity contribution < 1.29 is 9.90 Å². The van der Waals surface area contributed by atoms with Crippen LogP contribution in [0, 0.1) is 0 Å². The summed E-state index contributed by atoms with van der Waals surface area (Å²) in [6, 6.07) is 6.06. The van der Waals surface area contributed by atoms with Gasteiger partial charge in [-0.1, -0.05) is 0 Å². The maximum Gasteiger partial charge on any atom is 0.335 e. The van der Waals surface area contributed by atoms with Crippen LogP contribution in [0.3, 0.4) is 0 Å². The van der Waals surface area contributed by atoms with E-state index < -0.39 is 5.97 Å². The molecule has 3 nitrogen and oxygen atoms in total. The van der Waals surface area contributed by atoms with E-state index >= 15 is 0 Å². The van der Waals surface area contributed by atoms with Gasteiger partial charge in [-0.25, -0.2) is 4.79 Å². The Balaban J connectivity index is 3.00. The van der Waals surface area contributed by atoms with E-state index in [1.54, 1.807) is 12.1 Å². The van der Waals surface area contributed by atoms with E-state index in [1.165, 1.54) is 12.1 Å². The SMILES string of the molecule is N[13c]1[13cH][13cH][13c](C(=O)O)[13cH][13cH]1. The van der Waals surface area contributed by atoms with Crippen molar-refractivity contribution >= 4 is 11.7 Å². The van der Waals surface area contributed by atoms with Crippen LogP contribution < -0.4 is 5.73 Å². The molecule has 0 saturated carbocycles. The molecular weight excluding hydrogens is 136 g/mol. The van der Waals surface area contributed by atoms with Crippen molar-refractivity contribution in [2.24, 2.45) is 0 Å². The molecule has 0 amide bonds. The third-order valence-corrected chi connectivity index (χ3v) is 1.16. The Morgan fingerprint density at radius 2 is 1.80 bits per heavy atom. The van der Waals surface area contributed by atoms with E-state index in [9.17, 15) is 4.79 Å². The Morgan fingerprint density at radius 3 is 2.20 bits per heavy atom. The molecule has 1 aromatic carbocycles. The maximum atomic E-state index is 10.3. The average Bonchev–Trinajstić information content (AvgIpc) is 1.88. The maximum absolute atomic E-state index is 10.3. The third kappa shape index (κ3) is 1.25. The summed E-state index contributed by atoms with van der Waals surface area (Å²) in [5.41, 5.74) is 6.17. The average molecular weight is 143 g/mol. The lowest BCUT2D eigenvalue weighted by molar-refractivity contribution is 0.0697. The van der Waals surface area contributed by atoms with Crippen molar-refractivity contribution in [3.8, 4) is 0 Å². The normalized spacial score (nSPS) is 9.20. The summed E-state index contributed by atoms with van der Waals surface area (Å²) in [5.74, 6) is -0.931. The second-order valence-corrected chi connectivity index (χ2v) is 1.93. The molecule has 0 aliphatic carbocycles. The number of carboxylic acid groups (broad SMARTS) is 1. The first-order valence-electron chi connectivity index (χ1n) is 2.79. The molecule has 0 bridgehead atoms. The lowest BCUT2D eigenvalue weighted by Crippen LogP contribution is -1.95. The summed E-state index contributed by atoms with van der Waals surface area (Å²) in [6.07, 6.45) is 0. The number of rotatable bonds is 1. The molecular formula is C7H7NO2. The number of nitrogen functional groups attached to an aromatic ring is 1. The molecule has 3 N–H and O–H groups in total. The Kier molecular flexibility index (Phi) is 1.58. The quantitative estimate of drug-likeness (QED) is 0.575. The molecule has 10 heavy (non-hydrogen) atoms. The number of anilines is 1. The number of hydrogen-bond donors (Lipinski definition) is 2. The minimum absolute atomic E-state index is 0.259. The van der Waals surface area contributed by atoms with E-state index in [4.69, 9.17) is 10.8 Å². The first kappa shape index (κ1) is 6.61. The number of carbonyl (C=O) groups is 1. The zero-order chi connectivity index (χ0) is 7.56. The van der Waals surface area contributed by atoms with Gasteiger partial charge in [0.1, 0.15) is 0 Å². The highest BCUT2D eigenvalue weighted by atomic mass is 16.4. The molecule has 1 aromatic rings. The standard InChI is InChI=1S/C7H7NO2/c8-6-3-1-5(2-4-6)7(9)10/h1-4H,8H2,(H,9,10)/i1+1,2+1,3+1,4+1,5+1,6+1. The van der Waals surface area contributed by atoms with Crippen LogP contribution in [0.5, 0.6) is 0 Å². The van der Waals surface area contributed by atoms with Crippen LogP contribution in [-0.2, 0) is 0 Å². The molecule has 0 heterocycles. The summed E-state index contributed by atoms with van der Waals surface area (Å²) >= 11 is 0. The van der Waals surface area contributed by atoms with Gasteiger partial charge in [0, 0.05) is 5.69 Å². The van der Waals surface area contributed by atoms with Crippen LogP contribution in [0.4, 0.5) is 5.69 Å². The Morgan fingerprint density at radius 1 is 1.30 bits per heavy atom. The van der Waals surface area contributed by atoms with Crippen molar-refractivity contribution in [3.05, 3.63) is 29.8 Å². The number of carboxylic acids is 1. The molecule has 0 atom stereocenters. The molecule has 3 heteroatoms. The first-order chi connectivity index (χ1) is 4.70. The minimum atomic E-state index is -0.931. The Labute approximate surface area is 58.1 Å². The van der Waals surface area contributed by atoms with E-state index in [0.29, 0.717) is 5.69 Å². The van der Waals surface area contributed by atoms with Crippen LogP contribution in [0.15, 0.2) is 24.3 Å². The molecule has 0 unspecified atom stereocenters. The zero-order valence-corrected chi connectivity index (χ0v) is 5.24. The smallest absolute Gasteiger partial charge is 0.335 e. The van der Waals surface area contributed by atoms with Crippen molar-refractivity contribution in [1.29, 1.82) is 0 Å². The second kappa shape index (κ2) is 2.39. The summed E-state index contributed by atoms with van der Waals surface area (Å²) < 4.78 is 0. The monoisotopic (exact) mass is 143 g/mol. The first-order valence-corrected chi connectivity index (χ1v) is 2.79. The van der Waals surface area contributed by atoms with Crippen molar-refractivity contribution in [3.63, 3.8) is 0 Å². The zero-order valence-electron chi connectivity index (χ0n) is 5.24. The summed E-state index contributed by atoms with van der Waals surface area (Å²) in [4.78, 5) is 10.3. The van der Waals surface area contributed by atoms with Gasteiger partial charge in [-0.3, -0.25) is 0 Å². The van der Waals surface area contributed by atoms with Gasteiger partial charge in [0.25, 0.3) is 0 Å². The van der Waals surface area contributed by atoms with Gasteiger partial charge in [0.15, 0.2) is 0 Å². The van der Waals surface area contributed by atoms with Gasteiger partial charge in [0.2, 0.25) is 0 Å². The summed E-state index contributed by atoms with van der Waals surface area (Å²) in [7, 11) is 0. The number of benzene rings is 1. The van der Waals surface area contributed by atoms with Crippen LogP contribution in [0.1, 0.15) is 10.4 Å². The molecule has 52 valence electrons. The van der Waals surface area contributed by atoms with Crippen molar-refractivity contribution in [2.45, 2.75) is 0 Å². The van der Waals surface area contributed by atoms with Crippen LogP contribution in [0.25, 0.3) is 0 Å². The predicted molar refractivity (Wildman–Crippen MR) is 37.8 cm³/mol. The molecule has 0 saturated heterocycles. The molecule has 0 spiro atoms. The van der Waals surface area contributed by atoms with Gasteiger partial charge in [-0.15, -0.1) is 0 Å². The van der Waals surface area contributed by atoms with Crippen molar-refractivity contribution in [1.82, 2.24) is 0 Å². The molecule has 0 aromatic heterocycles. The van der Waals surface area contributed by atoms with E-state index in [-0.39, 0.29) is 5.56 Å². The van der Waals surface area contributed by atoms with E-state index in [2.05, 4.69) is 0 Å². The van der Waals surface area contributed by atoms with Gasteiger partial charge in [-0.05, 0) is 24.3 Å². The largest absolute Gasteiger partial charge is 0.478 e. The van der Waals surface area contributed by atoms with E-state index in [1.807, 2.05) is 0 Å². The number of nitrogens with two attached hydrogens (primary N) is 1. The highest BCUT2D eigenvalue weighted by Crippen LogP contribution is 2.04. The fourth-order valence-electron chi connectivity index (χ4n) is 0.626. The second-order valence-electron chi connectivity index (χ2n) is 1.93. The lowest BCUT2D eigenvalue weighted by atomic mass is 10.9. The predicted octanol–water partition coefficient (Wildman–Crippen LogP) is 0.967. The summed E-state index contributed by atoms with van der Waals surface area (Å²) in [5, 5.41) is 8.43. The van der Waals surface area contributed by atoms with E-state index in [0.717, 1.165) is 0 Å². The molecule has 0 radical (unpaired) electrons. The molecule has 0 aliphatic rings. The molecule has 0 aliphatic heterocycles. The van der Waals surface area contributed by atoms with Crippen LogP contribution in [-0.4, -0.2) is 11.1 Å². The fourth-order valence-corrected chi connectivity index (χ4v) is 0.626. The highest BCUT2D eigenvalue weighted by Gasteiger charge is 1.98. The third-order valence-electron chi connectivity index (χ3n) is 1.16. The van der Waals surface area contributed by atoms with Gasteiger partial charge < -0.3 is 10.8 Å². The topological polar surface area (TPSA) is 63.3 Å².